The number of carbonyl (C=O) groups excluding carboxylic acids is 1. The smallest absolute Gasteiger partial charge is 0.387 e. The topological polar surface area (TPSA) is 105 Å². The van der Waals surface area contributed by atoms with Gasteiger partial charge in [-0.1, -0.05) is 381 Å². The number of phosphoric acid groups is 1. The molecule has 3 atom stereocenters. The van der Waals surface area contributed by atoms with Gasteiger partial charge in [0.2, 0.25) is 5.91 Å². The monoisotopic (exact) mass is 1290 g/mol. The van der Waals surface area contributed by atoms with Crippen molar-refractivity contribution in [2.75, 3.05) is 40.9 Å². The largest absolute Gasteiger partial charge is 0.472 e. The van der Waals surface area contributed by atoms with Crippen molar-refractivity contribution in [2.45, 2.75) is 392 Å². The SMILES string of the molecule is CC/C=C\C/C=C\C/C=C\C/C=C\C/C=C\CCCCCCCCCCCCCCCCCCCCCCCCCC(=O)NC(COP(=O)(O)OCC[N+](C)(C)C)C(O)/C=C/CC/C=C/CCCCCCCCCCCCCCCCCCCCCCCCCC. The third-order valence-corrected chi connectivity index (χ3v) is 18.8. The summed E-state index contributed by atoms with van der Waals surface area (Å²) in [6.45, 7) is 4.73. The number of amides is 1. The molecule has 0 spiro atoms. The van der Waals surface area contributed by atoms with E-state index in [0.717, 1.165) is 70.6 Å². The molecule has 0 saturated heterocycles. The maximum absolute atomic E-state index is 13.1. The van der Waals surface area contributed by atoms with Crippen LogP contribution in [0.25, 0.3) is 0 Å². The van der Waals surface area contributed by atoms with Crippen molar-refractivity contribution in [1.82, 2.24) is 5.32 Å². The van der Waals surface area contributed by atoms with Crippen LogP contribution in [0, 0.1) is 0 Å². The summed E-state index contributed by atoms with van der Waals surface area (Å²) >= 11 is 0. The Bertz CT molecular complexity index is 1760. The van der Waals surface area contributed by atoms with Crippen molar-refractivity contribution in [1.29, 1.82) is 0 Å². The summed E-state index contributed by atoms with van der Waals surface area (Å²) < 4.78 is 23.9. The number of allylic oxidation sites excluding steroid dienone is 13. The molecule has 8 nitrogen and oxygen atoms in total. The molecule has 0 heterocycles. The Labute approximate surface area is 567 Å². The summed E-state index contributed by atoms with van der Waals surface area (Å²) in [5, 5.41) is 14.0. The standard InChI is InChI=1S/C82H153N2O6P/c1-6-8-10-12-14-16-18-20-22-24-26-28-30-32-34-36-38-39-40-41-42-43-44-45-46-48-50-52-54-56-58-60-62-64-66-68-70-72-74-76-82(86)83-80(79-90-91(87,88)89-78-77-84(3,4)5)81(85)75-73-71-69-67-65-63-61-59-57-55-53-51-49-47-37-35-33-31-29-27-25-23-21-19-17-15-13-11-9-7-2/h8,10,14,16,20,22,26,28,32,34,65,67,73,75,80-81,85H,6-7,9,11-13,15,17-19,21,23-25,27,29-31,33,35-64,66,68-72,74,76-79H2,1-5H3,(H-,83,86,87,88)/p+1/b10-8-,16-14-,22-20-,28-26-,34-32-,67-65+,75-73+. The zero-order valence-corrected chi connectivity index (χ0v) is 62.0. The molecule has 1 amide bonds. The predicted octanol–water partition coefficient (Wildman–Crippen LogP) is 25.8. The summed E-state index contributed by atoms with van der Waals surface area (Å²) in [7, 11) is 1.57. The minimum Gasteiger partial charge on any atom is -0.387 e. The molecule has 9 heteroatoms. The second kappa shape index (κ2) is 72.0. The van der Waals surface area contributed by atoms with E-state index in [-0.39, 0.29) is 19.1 Å². The second-order valence-corrected chi connectivity index (χ2v) is 29.5. The first kappa shape index (κ1) is 88.7. The zero-order chi connectivity index (χ0) is 66.2. The Hall–Kier alpha value is -2.32. The molecule has 91 heavy (non-hydrogen) atoms. The Morgan fingerprint density at radius 1 is 0.385 bits per heavy atom. The van der Waals surface area contributed by atoms with E-state index >= 15 is 0 Å². The Kier molecular flexibility index (Phi) is 70.1. The molecule has 3 unspecified atom stereocenters. The van der Waals surface area contributed by atoms with E-state index in [1.165, 1.54) is 289 Å². The number of nitrogens with zero attached hydrogens (tertiary/aromatic N) is 1. The number of likely N-dealkylation sites (N-methyl/N-ethyl adjacent to an activating group) is 1. The number of hydrogen-bond donors (Lipinski definition) is 3. The minimum absolute atomic E-state index is 0.0561. The van der Waals surface area contributed by atoms with E-state index in [1.54, 1.807) is 6.08 Å². The number of unbranched alkanes of at least 4 members (excludes halogenated alkanes) is 48. The summed E-state index contributed by atoms with van der Waals surface area (Å²) in [6.07, 6.45) is 104. The van der Waals surface area contributed by atoms with Gasteiger partial charge in [0, 0.05) is 6.42 Å². The van der Waals surface area contributed by atoms with Gasteiger partial charge in [-0.05, 0) is 77.0 Å². The molecule has 0 saturated carbocycles. The van der Waals surface area contributed by atoms with Crippen molar-refractivity contribution in [3.8, 4) is 0 Å². The molecule has 0 fully saturated rings. The van der Waals surface area contributed by atoms with Crippen molar-refractivity contribution >= 4 is 13.7 Å². The Morgan fingerprint density at radius 2 is 0.670 bits per heavy atom. The van der Waals surface area contributed by atoms with Crippen LogP contribution >= 0.6 is 7.82 Å². The Balaban J connectivity index is 3.98. The first-order valence-electron chi connectivity index (χ1n) is 39.5. The van der Waals surface area contributed by atoms with Crippen LogP contribution in [-0.4, -0.2) is 73.4 Å². The van der Waals surface area contributed by atoms with Gasteiger partial charge in [0.1, 0.15) is 13.2 Å². The van der Waals surface area contributed by atoms with Crippen LogP contribution in [-0.2, 0) is 18.4 Å². The summed E-state index contributed by atoms with van der Waals surface area (Å²) in [5.74, 6) is -0.181. The van der Waals surface area contributed by atoms with Crippen LogP contribution in [0.15, 0.2) is 85.1 Å². The van der Waals surface area contributed by atoms with Crippen LogP contribution in [0.3, 0.4) is 0 Å². The number of quaternary nitrogens is 1. The highest BCUT2D eigenvalue weighted by atomic mass is 31.2. The molecule has 0 aromatic rings. The fraction of sp³-hybridized carbons (Fsp3) is 0.817. The van der Waals surface area contributed by atoms with Gasteiger partial charge < -0.3 is 19.8 Å². The van der Waals surface area contributed by atoms with E-state index in [0.29, 0.717) is 17.4 Å². The van der Waals surface area contributed by atoms with Gasteiger partial charge in [-0.15, -0.1) is 0 Å². The number of phosphoric ester groups is 1. The summed E-state index contributed by atoms with van der Waals surface area (Å²) in [4.78, 5) is 23.5. The van der Waals surface area contributed by atoms with E-state index in [1.807, 2.05) is 27.2 Å². The van der Waals surface area contributed by atoms with Crippen molar-refractivity contribution in [2.24, 2.45) is 0 Å². The maximum Gasteiger partial charge on any atom is 0.472 e. The van der Waals surface area contributed by atoms with E-state index < -0.39 is 20.0 Å². The highest BCUT2D eigenvalue weighted by Gasteiger charge is 2.28. The molecule has 532 valence electrons. The van der Waals surface area contributed by atoms with Crippen LogP contribution in [0.1, 0.15) is 380 Å². The number of carbonyl (C=O) groups is 1. The number of rotatable bonds is 73. The van der Waals surface area contributed by atoms with E-state index in [4.69, 9.17) is 9.05 Å². The third-order valence-electron chi connectivity index (χ3n) is 17.8. The van der Waals surface area contributed by atoms with Crippen molar-refractivity contribution < 1.29 is 32.9 Å². The van der Waals surface area contributed by atoms with Gasteiger partial charge in [-0.25, -0.2) is 4.57 Å². The molecule has 0 radical (unpaired) electrons. The molecule has 0 bridgehead atoms. The molecule has 0 aromatic heterocycles. The molecule has 0 rings (SSSR count). The van der Waals surface area contributed by atoms with Gasteiger partial charge in [-0.2, -0.15) is 0 Å². The minimum atomic E-state index is -4.37. The average Bonchev–Trinajstić information content (AvgIpc) is 3.58. The molecule has 0 aliphatic heterocycles. The maximum atomic E-state index is 13.1. The predicted molar refractivity (Wildman–Crippen MR) is 401 cm³/mol. The first-order valence-corrected chi connectivity index (χ1v) is 41.0. The summed E-state index contributed by atoms with van der Waals surface area (Å²) in [6, 6.07) is -0.867. The molecule has 3 N–H and O–H groups in total. The molecule has 0 aliphatic carbocycles. The normalized spacial score (nSPS) is 14.0. The average molecular weight is 1300 g/mol. The summed E-state index contributed by atoms with van der Waals surface area (Å²) in [5.41, 5.74) is 0. The number of hydrogen-bond acceptors (Lipinski definition) is 5. The highest BCUT2D eigenvalue weighted by Crippen LogP contribution is 2.43. The number of aliphatic hydroxyl groups is 1. The lowest BCUT2D eigenvalue weighted by Crippen LogP contribution is -2.45. The van der Waals surface area contributed by atoms with Crippen LogP contribution in [0.2, 0.25) is 0 Å². The zero-order valence-electron chi connectivity index (χ0n) is 61.1. The molecule has 0 aromatic carbocycles. The highest BCUT2D eigenvalue weighted by molar-refractivity contribution is 7.47. The quantitative estimate of drug-likeness (QED) is 0.0243. The number of nitrogens with one attached hydrogen (secondary N) is 1. The van der Waals surface area contributed by atoms with Crippen LogP contribution in [0.4, 0.5) is 0 Å². The van der Waals surface area contributed by atoms with Gasteiger partial charge in [0.25, 0.3) is 0 Å². The lowest BCUT2D eigenvalue weighted by molar-refractivity contribution is -0.870. The second-order valence-electron chi connectivity index (χ2n) is 28.1. The third kappa shape index (κ3) is 74.9. The van der Waals surface area contributed by atoms with Crippen molar-refractivity contribution in [3.05, 3.63) is 85.1 Å². The van der Waals surface area contributed by atoms with E-state index in [2.05, 4.69) is 92.1 Å². The van der Waals surface area contributed by atoms with Gasteiger partial charge in [0.15, 0.2) is 0 Å². The van der Waals surface area contributed by atoms with Gasteiger partial charge >= 0.3 is 7.82 Å². The lowest BCUT2D eigenvalue weighted by Gasteiger charge is -2.25. The van der Waals surface area contributed by atoms with E-state index in [9.17, 15) is 19.4 Å². The fourth-order valence-electron chi connectivity index (χ4n) is 11.8. The molecule has 0 aliphatic rings. The van der Waals surface area contributed by atoms with Gasteiger partial charge in [-0.3, -0.25) is 13.8 Å². The fourth-order valence-corrected chi connectivity index (χ4v) is 12.5. The Morgan fingerprint density at radius 3 is 1.01 bits per heavy atom. The number of aliphatic hydroxyl groups excluding tert-OH is 1. The molecular formula is C82H154N2O6P+. The van der Waals surface area contributed by atoms with Crippen molar-refractivity contribution in [3.63, 3.8) is 0 Å². The van der Waals surface area contributed by atoms with Gasteiger partial charge in [0.05, 0.1) is 39.9 Å². The van der Waals surface area contributed by atoms with Crippen LogP contribution in [0.5, 0.6) is 0 Å². The van der Waals surface area contributed by atoms with Crippen LogP contribution < -0.4 is 5.32 Å². The molecular weight excluding hydrogens is 1140 g/mol. The lowest BCUT2D eigenvalue weighted by atomic mass is 10.0. The first-order chi connectivity index (χ1) is 44.5.